The number of rotatable bonds is 0. The average molecular weight is 261 g/mol. The molecule has 13 heavy (non-hydrogen) atoms. The summed E-state index contributed by atoms with van der Waals surface area (Å²) in [5, 5.41) is 0.814. The fourth-order valence-electron chi connectivity index (χ4n) is 1.69. The zero-order valence-electron chi connectivity index (χ0n) is 7.48. The smallest absolute Gasteiger partial charge is 0.0551 e. The molecule has 0 aliphatic carbocycles. The van der Waals surface area contributed by atoms with Gasteiger partial charge in [0.2, 0.25) is 0 Å². The third-order valence-corrected chi connectivity index (χ3v) is 3.64. The molecule has 0 N–H and O–H groups in total. The molecule has 0 atom stereocenters. The Morgan fingerprint density at radius 2 is 2.15 bits per heavy atom. The van der Waals surface area contributed by atoms with Crippen LogP contribution in [0.2, 0.25) is 5.02 Å². The van der Waals surface area contributed by atoms with E-state index in [-0.39, 0.29) is 0 Å². The lowest BCUT2D eigenvalue weighted by atomic mass is 10.0. The fraction of sp³-hybridized carbons (Fsp3) is 0.400. The van der Waals surface area contributed by atoms with E-state index in [1.54, 1.807) is 0 Å². The van der Waals surface area contributed by atoms with Crippen molar-refractivity contribution in [3.8, 4) is 0 Å². The third-order valence-electron chi connectivity index (χ3n) is 2.45. The van der Waals surface area contributed by atoms with Crippen LogP contribution in [0.5, 0.6) is 0 Å². The summed E-state index contributed by atoms with van der Waals surface area (Å²) in [4.78, 5) is 2.31. The van der Waals surface area contributed by atoms with E-state index >= 15 is 0 Å². The van der Waals surface area contributed by atoms with Gasteiger partial charge in [-0.05, 0) is 52.7 Å². The van der Waals surface area contributed by atoms with E-state index in [0.717, 1.165) is 29.0 Å². The predicted octanol–water partition coefficient (Wildman–Crippen LogP) is 3.09. The van der Waals surface area contributed by atoms with E-state index in [2.05, 4.69) is 40.0 Å². The van der Waals surface area contributed by atoms with Gasteiger partial charge in [0.15, 0.2) is 0 Å². The van der Waals surface area contributed by atoms with Crippen LogP contribution in [0.15, 0.2) is 16.6 Å². The molecule has 0 saturated carbocycles. The Balaban J connectivity index is 2.43. The van der Waals surface area contributed by atoms with Gasteiger partial charge in [0.1, 0.15) is 0 Å². The average Bonchev–Trinajstić information content (AvgIpc) is 2.08. The highest BCUT2D eigenvalue weighted by Gasteiger charge is 2.14. The fourth-order valence-corrected chi connectivity index (χ4v) is 2.27. The first-order valence-electron chi connectivity index (χ1n) is 4.32. The first-order valence-corrected chi connectivity index (χ1v) is 5.49. The van der Waals surface area contributed by atoms with E-state index < -0.39 is 0 Å². The van der Waals surface area contributed by atoms with Crippen LogP contribution in [-0.2, 0) is 13.0 Å². The van der Waals surface area contributed by atoms with Gasteiger partial charge in [0.05, 0.1) is 5.02 Å². The monoisotopic (exact) mass is 259 g/mol. The van der Waals surface area contributed by atoms with Crippen molar-refractivity contribution in [1.29, 1.82) is 0 Å². The number of benzene rings is 1. The second kappa shape index (κ2) is 3.60. The normalized spacial score (nSPS) is 17.2. The Morgan fingerprint density at radius 3 is 2.92 bits per heavy atom. The van der Waals surface area contributed by atoms with Crippen LogP contribution in [0, 0.1) is 0 Å². The van der Waals surface area contributed by atoms with Crippen molar-refractivity contribution in [1.82, 2.24) is 4.90 Å². The highest BCUT2D eigenvalue weighted by atomic mass is 79.9. The summed E-state index contributed by atoms with van der Waals surface area (Å²) in [6, 6.07) is 4.21. The molecule has 1 aromatic rings. The van der Waals surface area contributed by atoms with E-state index in [9.17, 15) is 0 Å². The first-order chi connectivity index (χ1) is 6.16. The second-order valence-corrected chi connectivity index (χ2v) is 4.78. The van der Waals surface area contributed by atoms with E-state index in [1.165, 1.54) is 11.1 Å². The third kappa shape index (κ3) is 1.90. The summed E-state index contributed by atoms with van der Waals surface area (Å²) in [5.41, 5.74) is 2.79. The number of hydrogen-bond acceptors (Lipinski definition) is 1. The Kier molecular flexibility index (Phi) is 2.63. The Hall–Kier alpha value is -0.0500. The van der Waals surface area contributed by atoms with E-state index in [4.69, 9.17) is 11.6 Å². The lowest BCUT2D eigenvalue weighted by molar-refractivity contribution is 0.313. The molecule has 0 aromatic heterocycles. The molecule has 3 heteroatoms. The molecule has 2 rings (SSSR count). The highest BCUT2D eigenvalue weighted by Crippen LogP contribution is 2.29. The van der Waals surface area contributed by atoms with Crippen LogP contribution >= 0.6 is 27.5 Å². The van der Waals surface area contributed by atoms with Crippen molar-refractivity contribution in [2.75, 3.05) is 13.6 Å². The van der Waals surface area contributed by atoms with Crippen molar-refractivity contribution in [2.45, 2.75) is 13.0 Å². The molecule has 1 aliphatic heterocycles. The zero-order valence-corrected chi connectivity index (χ0v) is 9.82. The summed E-state index contributed by atoms with van der Waals surface area (Å²) >= 11 is 9.47. The molecule has 0 radical (unpaired) electrons. The van der Waals surface area contributed by atoms with Crippen LogP contribution < -0.4 is 0 Å². The lowest BCUT2D eigenvalue weighted by Gasteiger charge is -2.25. The first kappa shape index (κ1) is 9.50. The second-order valence-electron chi connectivity index (χ2n) is 3.52. The standard InChI is InChI=1S/C10H11BrClN/c1-13-3-2-7-4-9(11)10(12)5-8(7)6-13/h4-5H,2-3,6H2,1H3. The number of halogens is 2. The van der Waals surface area contributed by atoms with Gasteiger partial charge in [-0.25, -0.2) is 0 Å². The molecular weight excluding hydrogens is 249 g/mol. The minimum Gasteiger partial charge on any atom is -0.302 e. The molecule has 1 aliphatic rings. The maximum Gasteiger partial charge on any atom is 0.0551 e. The zero-order chi connectivity index (χ0) is 9.42. The largest absolute Gasteiger partial charge is 0.302 e. The molecule has 0 unspecified atom stereocenters. The molecule has 1 aromatic carbocycles. The van der Waals surface area contributed by atoms with Gasteiger partial charge in [0.25, 0.3) is 0 Å². The van der Waals surface area contributed by atoms with Crippen molar-refractivity contribution in [2.24, 2.45) is 0 Å². The molecular formula is C10H11BrClN. The summed E-state index contributed by atoms with van der Waals surface area (Å²) in [7, 11) is 2.14. The van der Waals surface area contributed by atoms with Gasteiger partial charge in [-0.1, -0.05) is 11.6 Å². The van der Waals surface area contributed by atoms with Gasteiger partial charge in [-0.15, -0.1) is 0 Å². The molecule has 0 fully saturated rings. The molecule has 0 spiro atoms. The minimum absolute atomic E-state index is 0.814. The van der Waals surface area contributed by atoms with Crippen molar-refractivity contribution in [3.63, 3.8) is 0 Å². The Morgan fingerprint density at radius 1 is 1.38 bits per heavy atom. The lowest BCUT2D eigenvalue weighted by Crippen LogP contribution is -2.26. The van der Waals surface area contributed by atoms with Gasteiger partial charge >= 0.3 is 0 Å². The van der Waals surface area contributed by atoms with Gasteiger partial charge in [-0.3, -0.25) is 0 Å². The molecule has 0 saturated heterocycles. The van der Waals surface area contributed by atoms with Crippen LogP contribution in [-0.4, -0.2) is 18.5 Å². The highest BCUT2D eigenvalue weighted by molar-refractivity contribution is 9.10. The van der Waals surface area contributed by atoms with Gasteiger partial charge < -0.3 is 4.90 Å². The number of nitrogens with zero attached hydrogens (tertiary/aromatic N) is 1. The molecule has 1 nitrogen and oxygen atoms in total. The van der Waals surface area contributed by atoms with Crippen LogP contribution in [0.25, 0.3) is 0 Å². The molecule has 1 heterocycles. The quantitative estimate of drug-likeness (QED) is 0.693. The van der Waals surface area contributed by atoms with E-state index in [1.807, 2.05) is 0 Å². The Labute approximate surface area is 91.8 Å². The summed E-state index contributed by atoms with van der Waals surface area (Å²) in [6.45, 7) is 2.16. The van der Waals surface area contributed by atoms with Crippen molar-refractivity contribution in [3.05, 3.63) is 32.8 Å². The predicted molar refractivity (Wildman–Crippen MR) is 59.2 cm³/mol. The maximum absolute atomic E-state index is 6.03. The topological polar surface area (TPSA) is 3.24 Å². The van der Waals surface area contributed by atoms with Gasteiger partial charge in [0, 0.05) is 17.6 Å². The van der Waals surface area contributed by atoms with Crippen molar-refractivity contribution < 1.29 is 0 Å². The van der Waals surface area contributed by atoms with Crippen LogP contribution in [0.3, 0.4) is 0 Å². The number of hydrogen-bond donors (Lipinski definition) is 0. The number of likely N-dealkylation sites (N-methyl/N-ethyl adjacent to an activating group) is 1. The number of fused-ring (bicyclic) bond motifs is 1. The van der Waals surface area contributed by atoms with Crippen LogP contribution in [0.4, 0.5) is 0 Å². The SMILES string of the molecule is CN1CCc2cc(Br)c(Cl)cc2C1. The summed E-state index contributed by atoms with van der Waals surface area (Å²) in [6.07, 6.45) is 1.13. The summed E-state index contributed by atoms with van der Waals surface area (Å²) in [5.74, 6) is 0. The molecule has 0 bridgehead atoms. The maximum atomic E-state index is 6.03. The Bertz CT molecular complexity index is 338. The van der Waals surface area contributed by atoms with Crippen LogP contribution in [0.1, 0.15) is 11.1 Å². The minimum atomic E-state index is 0.814. The molecule has 0 amide bonds. The summed E-state index contributed by atoms with van der Waals surface area (Å²) < 4.78 is 1.01. The van der Waals surface area contributed by atoms with Gasteiger partial charge in [-0.2, -0.15) is 0 Å². The van der Waals surface area contributed by atoms with Crippen molar-refractivity contribution >= 4 is 27.5 Å². The van der Waals surface area contributed by atoms with E-state index in [0.29, 0.717) is 0 Å². The molecule has 70 valence electrons.